The zero-order chi connectivity index (χ0) is 42.5. The number of ether oxygens (including phenoxy) is 2. The van der Waals surface area contributed by atoms with E-state index in [-0.39, 0.29) is 60.3 Å². The monoisotopic (exact) mass is 813 g/mol. The molecule has 6 N–H and O–H groups in total. The number of aryl methyl sites for hydroxylation is 2. The molecular weight excluding hydrogens is 755 g/mol. The van der Waals surface area contributed by atoms with Crippen LogP contribution in [0.4, 0.5) is 0 Å². The fourth-order valence-electron chi connectivity index (χ4n) is 8.77. The van der Waals surface area contributed by atoms with Crippen molar-refractivity contribution in [1.29, 1.82) is 0 Å². The van der Waals surface area contributed by atoms with Crippen molar-refractivity contribution in [3.63, 3.8) is 0 Å². The average molecular weight is 814 g/mol. The van der Waals surface area contributed by atoms with Crippen molar-refractivity contribution in [3.8, 4) is 0 Å². The molecule has 0 aliphatic carbocycles. The zero-order valence-electron chi connectivity index (χ0n) is 35.3. The summed E-state index contributed by atoms with van der Waals surface area (Å²) in [5.41, 5.74) is 7.80. The number of H-pyrrole nitrogens is 2. The lowest BCUT2D eigenvalue weighted by Gasteiger charge is -2.26. The van der Waals surface area contributed by atoms with Crippen molar-refractivity contribution in [2.24, 2.45) is 0 Å². The van der Waals surface area contributed by atoms with Crippen molar-refractivity contribution in [2.45, 2.75) is 97.0 Å². The van der Waals surface area contributed by atoms with Gasteiger partial charge < -0.3 is 40.3 Å². The number of methoxy groups -OCH3 is 1. The molecule has 6 rings (SSSR count). The van der Waals surface area contributed by atoms with Gasteiger partial charge in [-0.15, -0.1) is 0 Å². The number of fused-ring (bicyclic) bond motifs is 8. The number of aromatic amines is 2. The summed E-state index contributed by atoms with van der Waals surface area (Å²) in [6.07, 6.45) is -0.0531. The third kappa shape index (κ3) is 9.43. The van der Waals surface area contributed by atoms with Gasteiger partial charge in [-0.3, -0.25) is 34.0 Å². The second kappa shape index (κ2) is 19.0. The number of nitrogens with one attached hydrogen (secondary N) is 4. The van der Waals surface area contributed by atoms with Crippen LogP contribution in [0.1, 0.15) is 131 Å². The van der Waals surface area contributed by atoms with Gasteiger partial charge in [-0.2, -0.15) is 0 Å². The van der Waals surface area contributed by atoms with Gasteiger partial charge in [0.15, 0.2) is 5.78 Å². The van der Waals surface area contributed by atoms with E-state index in [0.29, 0.717) is 76.3 Å². The van der Waals surface area contributed by atoms with Crippen molar-refractivity contribution < 1.29 is 38.9 Å². The topological polar surface area (TPSA) is 212 Å². The van der Waals surface area contributed by atoms with E-state index in [4.69, 9.17) is 19.4 Å². The Morgan fingerprint density at radius 2 is 1.58 bits per heavy atom. The molecule has 0 saturated carbocycles. The number of rotatable bonds is 14. The number of amides is 2. The first-order valence-corrected chi connectivity index (χ1v) is 20.7. The largest absolute Gasteiger partial charge is 0.469 e. The lowest BCUT2D eigenvalue weighted by atomic mass is 9.85. The van der Waals surface area contributed by atoms with Crippen molar-refractivity contribution in [1.82, 2.24) is 35.5 Å². The number of aliphatic hydroxyl groups excluding tert-OH is 2. The number of hydrogen-bond acceptors (Lipinski definition) is 11. The molecule has 318 valence electrons. The normalized spacial score (nSPS) is 19.9. The van der Waals surface area contributed by atoms with Gasteiger partial charge >= 0.3 is 5.97 Å². The number of esters is 1. The highest BCUT2D eigenvalue weighted by Gasteiger charge is 2.34. The molecule has 6 heterocycles. The van der Waals surface area contributed by atoms with Crippen LogP contribution in [0.15, 0.2) is 18.2 Å². The summed E-state index contributed by atoms with van der Waals surface area (Å²) in [6, 6.07) is 5.83. The SMILES string of the molecule is CC[C@H]1c2cc3[nH]c(c(CC(=O)OC)c4nc(cc5[nH]c(cc(n2)[C@@H]1C)c(C(C)=O)c5C)[C@@H](C)[C@@H]4CCC(=O)NCCN1CCOCC1)c(C(=O)NCC(O)CO)c3C. The molecule has 3 aromatic rings. The van der Waals surface area contributed by atoms with Gasteiger partial charge in [-0.25, -0.2) is 0 Å². The molecule has 2 amide bonds. The molecule has 3 aliphatic rings. The van der Waals surface area contributed by atoms with Gasteiger partial charge in [-0.1, -0.05) is 20.8 Å². The summed E-state index contributed by atoms with van der Waals surface area (Å²) in [5.74, 6) is -1.81. The summed E-state index contributed by atoms with van der Waals surface area (Å²) in [7, 11) is 1.30. The fourth-order valence-corrected chi connectivity index (χ4v) is 8.77. The van der Waals surface area contributed by atoms with E-state index < -0.39 is 24.6 Å². The Morgan fingerprint density at radius 3 is 2.25 bits per heavy atom. The predicted molar refractivity (Wildman–Crippen MR) is 224 cm³/mol. The Balaban J connectivity index is 1.60. The number of aromatic nitrogens is 4. The summed E-state index contributed by atoms with van der Waals surface area (Å²) < 4.78 is 10.7. The molecule has 3 aliphatic heterocycles. The van der Waals surface area contributed by atoms with Gasteiger partial charge in [0.2, 0.25) is 5.91 Å². The average Bonchev–Trinajstić information content (AvgIpc) is 3.91. The molecule has 0 spiro atoms. The van der Waals surface area contributed by atoms with E-state index in [1.54, 1.807) is 6.92 Å². The molecule has 5 atom stereocenters. The van der Waals surface area contributed by atoms with Gasteiger partial charge in [0.25, 0.3) is 5.91 Å². The number of aliphatic hydroxyl groups is 2. The molecule has 1 fully saturated rings. The Kier molecular flexibility index (Phi) is 14.0. The third-order valence-electron chi connectivity index (χ3n) is 12.3. The Morgan fingerprint density at radius 1 is 0.932 bits per heavy atom. The van der Waals surface area contributed by atoms with Crippen LogP contribution in [0.3, 0.4) is 0 Å². The summed E-state index contributed by atoms with van der Waals surface area (Å²) >= 11 is 0. The lowest BCUT2D eigenvalue weighted by Crippen LogP contribution is -2.41. The Bertz CT molecular complexity index is 2240. The Labute approximate surface area is 344 Å². The number of carbonyl (C=O) groups is 4. The first-order valence-electron chi connectivity index (χ1n) is 20.7. The van der Waals surface area contributed by atoms with Gasteiger partial charge in [-0.05, 0) is 62.9 Å². The van der Waals surface area contributed by atoms with E-state index in [2.05, 4.69) is 39.3 Å². The number of hydrogen-bond donors (Lipinski definition) is 6. The number of morpholine rings is 1. The predicted octanol–water partition coefficient (Wildman–Crippen LogP) is 4.35. The second-order valence-corrected chi connectivity index (χ2v) is 16.1. The minimum absolute atomic E-state index is 0.0185. The maximum Gasteiger partial charge on any atom is 0.310 e. The minimum atomic E-state index is -1.18. The fraction of sp³-hybridized carbons (Fsp3) is 0.545. The van der Waals surface area contributed by atoms with Crippen LogP contribution in [0.5, 0.6) is 0 Å². The van der Waals surface area contributed by atoms with Crippen LogP contribution in [0, 0.1) is 13.8 Å². The summed E-state index contributed by atoms with van der Waals surface area (Å²) in [5, 5.41) is 25.5. The highest BCUT2D eigenvalue weighted by atomic mass is 16.5. The number of nitrogens with zero attached hydrogens (tertiary/aromatic N) is 3. The molecule has 1 unspecified atom stereocenters. The molecule has 8 bridgehead atoms. The van der Waals surface area contributed by atoms with Crippen molar-refractivity contribution in [2.75, 3.05) is 59.7 Å². The van der Waals surface area contributed by atoms with Crippen LogP contribution in [0.2, 0.25) is 0 Å². The van der Waals surface area contributed by atoms with Crippen molar-refractivity contribution >= 4 is 45.6 Å². The number of carbonyl (C=O) groups excluding carboxylic acids is 4. The van der Waals surface area contributed by atoms with Gasteiger partial charge in [0.05, 0.1) is 61.7 Å². The van der Waals surface area contributed by atoms with Gasteiger partial charge in [0.1, 0.15) is 0 Å². The van der Waals surface area contributed by atoms with Crippen molar-refractivity contribution in [3.05, 3.63) is 68.8 Å². The lowest BCUT2D eigenvalue weighted by molar-refractivity contribution is -0.139. The minimum Gasteiger partial charge on any atom is -0.469 e. The number of Topliss-reactive ketones (excluding diaryl/α,β-unsaturated/α-hetero) is 1. The van der Waals surface area contributed by atoms with E-state index in [1.165, 1.54) is 7.11 Å². The highest BCUT2D eigenvalue weighted by molar-refractivity contribution is 6.06. The maximum atomic E-state index is 14.2. The van der Waals surface area contributed by atoms with E-state index in [9.17, 15) is 29.4 Å². The van der Waals surface area contributed by atoms with E-state index in [0.717, 1.165) is 43.0 Å². The quantitative estimate of drug-likeness (QED) is 0.0996. The van der Waals surface area contributed by atoms with Crippen LogP contribution in [-0.2, 0) is 25.5 Å². The van der Waals surface area contributed by atoms with Crippen LogP contribution < -0.4 is 10.6 Å². The molecule has 15 nitrogen and oxygen atoms in total. The molecule has 1 saturated heterocycles. The van der Waals surface area contributed by atoms with Gasteiger partial charge in [0, 0.05) is 102 Å². The van der Waals surface area contributed by atoms with E-state index >= 15 is 0 Å². The number of ketones is 1. The standard InChI is InChI=1S/C44H59N7O8/c1-8-29-23(2)32-20-37-40(27(6)53)25(4)34(48-37)18-33-24(3)30(9-10-38(55)45-11-12-51-13-15-59-16-14-51)42(49-33)31(17-39(56)58-7)43-41(44(57)46-21-28(54)22-52)26(5)35(50-43)19-36(29)47-32/h18-20,23-24,28-30,48,50,52,54H,8-17,21-22H2,1-7H3,(H,45,55)(H,46,57)/t23-,24+,28?,29-,30+/m1/s1. The molecule has 0 radical (unpaired) electrons. The zero-order valence-corrected chi connectivity index (χ0v) is 35.3. The molecule has 3 aromatic heterocycles. The van der Waals surface area contributed by atoms with Crippen LogP contribution in [-0.4, -0.2) is 124 Å². The molecule has 15 heteroatoms. The third-order valence-corrected chi connectivity index (χ3v) is 12.3. The second-order valence-electron chi connectivity index (χ2n) is 16.1. The molecular formula is C44H59N7O8. The summed E-state index contributed by atoms with van der Waals surface area (Å²) in [4.78, 5) is 73.7. The first kappa shape index (κ1) is 43.6. The molecule has 59 heavy (non-hydrogen) atoms. The summed E-state index contributed by atoms with van der Waals surface area (Å²) in [6.45, 7) is 15.0. The smallest absolute Gasteiger partial charge is 0.310 e. The van der Waals surface area contributed by atoms with Crippen LogP contribution in [0.25, 0.3) is 22.1 Å². The highest BCUT2D eigenvalue weighted by Crippen LogP contribution is 2.43. The molecule has 0 aromatic carbocycles. The van der Waals surface area contributed by atoms with Crippen LogP contribution >= 0.6 is 0 Å². The maximum absolute atomic E-state index is 14.2. The first-order chi connectivity index (χ1) is 28.3. The van der Waals surface area contributed by atoms with E-state index in [1.807, 2.05) is 39.0 Å². The Hall–Kier alpha value is -4.96.